The van der Waals surface area contributed by atoms with Crippen molar-refractivity contribution in [2.45, 2.75) is 13.5 Å². The summed E-state index contributed by atoms with van der Waals surface area (Å²) in [5.74, 6) is 0. The van der Waals surface area contributed by atoms with Gasteiger partial charge in [0.2, 0.25) is 0 Å². The molecule has 0 bridgehead atoms. The highest BCUT2D eigenvalue weighted by Crippen LogP contribution is 2.04. The summed E-state index contributed by atoms with van der Waals surface area (Å²) < 4.78 is 1.58. The van der Waals surface area contributed by atoms with Crippen LogP contribution in [-0.2, 0) is 6.54 Å². The van der Waals surface area contributed by atoms with E-state index in [1.54, 1.807) is 4.57 Å². The summed E-state index contributed by atoms with van der Waals surface area (Å²) in [7, 11) is 0. The van der Waals surface area contributed by atoms with Gasteiger partial charge in [-0.05, 0) is 12.1 Å². The van der Waals surface area contributed by atoms with Gasteiger partial charge in [0, 0.05) is 25.4 Å². The maximum absolute atomic E-state index is 11.2. The van der Waals surface area contributed by atoms with Crippen molar-refractivity contribution in [1.29, 1.82) is 0 Å². The van der Waals surface area contributed by atoms with Gasteiger partial charge in [0.25, 0.3) is 5.43 Å². The molecule has 0 aliphatic carbocycles. The Morgan fingerprint density at radius 1 is 1.65 bits per heavy atom. The first-order chi connectivity index (χ1) is 8.04. The number of nitrogens with one attached hydrogen (secondary N) is 1. The molecule has 0 aliphatic heterocycles. The minimum atomic E-state index is -0.675. The lowest BCUT2D eigenvalue weighted by Gasteiger charge is -2.09. The average molecular weight is 237 g/mol. The van der Waals surface area contributed by atoms with Crippen LogP contribution < -0.4 is 10.7 Å². The Morgan fingerprint density at radius 2 is 2.35 bits per heavy atom. The Labute approximate surface area is 98.7 Å². The number of nitrogens with zero attached hydrogens (tertiary/aromatic N) is 2. The highest BCUT2D eigenvalue weighted by Gasteiger charge is 2.11. The van der Waals surface area contributed by atoms with Crippen molar-refractivity contribution in [1.82, 2.24) is 9.88 Å². The van der Waals surface area contributed by atoms with Gasteiger partial charge in [-0.25, -0.2) is 0 Å². The zero-order chi connectivity index (χ0) is 12.8. The van der Waals surface area contributed by atoms with Gasteiger partial charge in [-0.1, -0.05) is 13.5 Å². The fourth-order valence-electron chi connectivity index (χ4n) is 1.36. The number of aromatic nitrogens is 1. The van der Waals surface area contributed by atoms with Gasteiger partial charge < -0.3 is 9.88 Å². The third-order valence-corrected chi connectivity index (χ3v) is 2.19. The normalized spacial score (nSPS) is 10.2. The minimum Gasteiger partial charge on any atom is -0.344 e. The molecule has 1 heterocycles. The molecule has 0 aliphatic rings. The first-order valence-corrected chi connectivity index (χ1v) is 5.26. The minimum absolute atomic E-state index is 0.413. The third-order valence-electron chi connectivity index (χ3n) is 2.19. The van der Waals surface area contributed by atoms with Crippen molar-refractivity contribution < 1.29 is 4.92 Å². The summed E-state index contributed by atoms with van der Waals surface area (Å²) in [6.45, 7) is 7.78. The zero-order valence-corrected chi connectivity index (χ0v) is 9.68. The molecule has 0 amide bonds. The van der Waals surface area contributed by atoms with E-state index in [-0.39, 0.29) is 0 Å². The fourth-order valence-corrected chi connectivity index (χ4v) is 1.36. The zero-order valence-electron chi connectivity index (χ0n) is 9.68. The Kier molecular flexibility index (Phi) is 4.59. The molecule has 6 heteroatoms. The standard InChI is InChI=1S/C11H15N3O3/c1-3-12-6-9(2)7-13-5-4-11(15)10(8-13)14(16)17/h4-5,8,12H,2-3,6-7H2,1H3. The summed E-state index contributed by atoms with van der Waals surface area (Å²) >= 11 is 0. The van der Waals surface area contributed by atoms with Crippen molar-refractivity contribution in [3.63, 3.8) is 0 Å². The van der Waals surface area contributed by atoms with Crippen molar-refractivity contribution in [3.8, 4) is 0 Å². The van der Waals surface area contributed by atoms with Crippen LogP contribution in [-0.4, -0.2) is 22.6 Å². The van der Waals surface area contributed by atoms with Crippen LogP contribution in [0.4, 0.5) is 5.69 Å². The van der Waals surface area contributed by atoms with E-state index in [2.05, 4.69) is 11.9 Å². The Morgan fingerprint density at radius 3 is 2.94 bits per heavy atom. The molecular weight excluding hydrogens is 222 g/mol. The van der Waals surface area contributed by atoms with Gasteiger partial charge in [-0.15, -0.1) is 0 Å². The van der Waals surface area contributed by atoms with Gasteiger partial charge in [0.05, 0.1) is 11.1 Å². The largest absolute Gasteiger partial charge is 0.344 e. The van der Waals surface area contributed by atoms with Gasteiger partial charge in [0.1, 0.15) is 0 Å². The molecule has 1 rings (SSSR count). The van der Waals surface area contributed by atoms with Crippen molar-refractivity contribution in [2.75, 3.05) is 13.1 Å². The molecule has 0 radical (unpaired) electrons. The lowest BCUT2D eigenvalue weighted by atomic mass is 10.3. The molecule has 0 saturated carbocycles. The van der Waals surface area contributed by atoms with Crippen molar-refractivity contribution in [2.24, 2.45) is 0 Å². The van der Waals surface area contributed by atoms with Crippen molar-refractivity contribution >= 4 is 5.69 Å². The molecule has 17 heavy (non-hydrogen) atoms. The van der Waals surface area contributed by atoms with Crippen LogP contribution in [0.2, 0.25) is 0 Å². The average Bonchev–Trinajstić information content (AvgIpc) is 2.28. The number of rotatable bonds is 6. The van der Waals surface area contributed by atoms with E-state index in [1.807, 2.05) is 6.92 Å². The lowest BCUT2D eigenvalue weighted by Crippen LogP contribution is -2.19. The number of pyridine rings is 1. The predicted octanol–water partition coefficient (Wildman–Crippen LogP) is 0.922. The maximum atomic E-state index is 11.2. The fraction of sp³-hybridized carbons (Fsp3) is 0.364. The molecular formula is C11H15N3O3. The molecule has 1 N–H and O–H groups in total. The van der Waals surface area contributed by atoms with Crippen LogP contribution in [0.25, 0.3) is 0 Å². The van der Waals surface area contributed by atoms with Crippen LogP contribution in [0, 0.1) is 10.1 Å². The highest BCUT2D eigenvalue weighted by molar-refractivity contribution is 5.25. The van der Waals surface area contributed by atoms with E-state index in [1.165, 1.54) is 18.5 Å². The van der Waals surface area contributed by atoms with E-state index >= 15 is 0 Å². The second kappa shape index (κ2) is 5.95. The van der Waals surface area contributed by atoms with Gasteiger partial charge >= 0.3 is 5.69 Å². The van der Waals surface area contributed by atoms with Crippen molar-refractivity contribution in [3.05, 3.63) is 50.9 Å². The van der Waals surface area contributed by atoms with E-state index in [0.717, 1.165) is 12.1 Å². The van der Waals surface area contributed by atoms with E-state index in [0.29, 0.717) is 13.1 Å². The van der Waals surface area contributed by atoms with Crippen LogP contribution in [0.3, 0.4) is 0 Å². The summed E-state index contributed by atoms with van der Waals surface area (Å²) in [5, 5.41) is 13.7. The number of nitro groups is 1. The number of likely N-dealkylation sites (N-methyl/N-ethyl adjacent to an activating group) is 1. The molecule has 1 aromatic rings. The first-order valence-electron chi connectivity index (χ1n) is 5.26. The second-order valence-electron chi connectivity index (χ2n) is 3.65. The number of hydrogen-bond donors (Lipinski definition) is 1. The summed E-state index contributed by atoms with van der Waals surface area (Å²) in [5.41, 5.74) is -0.0999. The summed E-state index contributed by atoms with van der Waals surface area (Å²) in [4.78, 5) is 21.1. The molecule has 0 fully saturated rings. The Hall–Kier alpha value is -1.95. The molecule has 1 aromatic heterocycles. The predicted molar refractivity (Wildman–Crippen MR) is 65.0 cm³/mol. The first kappa shape index (κ1) is 13.1. The quantitative estimate of drug-likeness (QED) is 0.453. The smallest absolute Gasteiger partial charge is 0.332 e. The van der Waals surface area contributed by atoms with E-state index < -0.39 is 16.0 Å². The maximum Gasteiger partial charge on any atom is 0.332 e. The molecule has 0 unspecified atom stereocenters. The monoisotopic (exact) mass is 237 g/mol. The Balaban J connectivity index is 2.79. The molecule has 0 atom stereocenters. The molecule has 0 saturated heterocycles. The SMILES string of the molecule is C=C(CNCC)Cn1ccc(=O)c([N+](=O)[O-])c1. The van der Waals surface area contributed by atoms with E-state index in [4.69, 9.17) is 0 Å². The molecule has 6 nitrogen and oxygen atoms in total. The topological polar surface area (TPSA) is 77.2 Å². The molecule has 0 aromatic carbocycles. The molecule has 92 valence electrons. The van der Waals surface area contributed by atoms with Gasteiger partial charge in [0.15, 0.2) is 0 Å². The second-order valence-corrected chi connectivity index (χ2v) is 3.65. The lowest BCUT2D eigenvalue weighted by molar-refractivity contribution is -0.386. The summed E-state index contributed by atoms with van der Waals surface area (Å²) in [6, 6.07) is 1.19. The van der Waals surface area contributed by atoms with Crippen LogP contribution >= 0.6 is 0 Å². The van der Waals surface area contributed by atoms with Crippen LogP contribution in [0.15, 0.2) is 35.4 Å². The highest BCUT2D eigenvalue weighted by atomic mass is 16.6. The number of hydrogen-bond acceptors (Lipinski definition) is 4. The van der Waals surface area contributed by atoms with Crippen LogP contribution in [0.1, 0.15) is 6.92 Å². The van der Waals surface area contributed by atoms with Crippen LogP contribution in [0.5, 0.6) is 0 Å². The summed E-state index contributed by atoms with van der Waals surface area (Å²) in [6.07, 6.45) is 2.76. The third kappa shape index (κ3) is 3.84. The Bertz CT molecular complexity index is 479. The van der Waals surface area contributed by atoms with E-state index in [9.17, 15) is 14.9 Å². The van der Waals surface area contributed by atoms with Gasteiger partial charge in [-0.3, -0.25) is 14.9 Å². The van der Waals surface area contributed by atoms with Gasteiger partial charge in [-0.2, -0.15) is 0 Å². The molecule has 0 spiro atoms.